The Balaban J connectivity index is 1.86. The van der Waals surface area contributed by atoms with Crippen LogP contribution in [0.2, 0.25) is 5.02 Å². The largest absolute Gasteiger partial charge is 0.492 e. The third-order valence-electron chi connectivity index (χ3n) is 6.16. The molecule has 166 valence electrons. The molecular formula is C23H27ClN2O5. The molecule has 1 unspecified atom stereocenters. The van der Waals surface area contributed by atoms with Gasteiger partial charge in [0.05, 0.1) is 30.5 Å². The predicted octanol–water partition coefficient (Wildman–Crippen LogP) is 3.79. The van der Waals surface area contributed by atoms with Gasteiger partial charge in [0, 0.05) is 44.5 Å². The summed E-state index contributed by atoms with van der Waals surface area (Å²) in [6.07, 6.45) is 3.31. The van der Waals surface area contributed by atoms with Gasteiger partial charge >= 0.3 is 5.97 Å². The third-order valence-corrected chi connectivity index (χ3v) is 6.46. The molecule has 0 saturated carbocycles. The molecule has 2 aliphatic rings. The smallest absolute Gasteiger partial charge is 0.343 e. The van der Waals surface area contributed by atoms with Crippen LogP contribution in [0.4, 0.5) is 0 Å². The normalized spacial score (nSPS) is 18.2. The number of hydrogen-bond acceptors (Lipinski definition) is 6. The number of hydrogen-bond donors (Lipinski definition) is 0. The van der Waals surface area contributed by atoms with Gasteiger partial charge in [-0.25, -0.2) is 4.79 Å². The number of benzene rings is 1. The van der Waals surface area contributed by atoms with Crippen LogP contribution in [0.15, 0.2) is 29.2 Å². The molecule has 31 heavy (non-hydrogen) atoms. The van der Waals surface area contributed by atoms with Crippen molar-refractivity contribution in [2.24, 2.45) is 5.41 Å². The second kappa shape index (κ2) is 8.20. The Kier molecular flexibility index (Phi) is 5.75. The van der Waals surface area contributed by atoms with Gasteiger partial charge in [0.1, 0.15) is 11.3 Å². The lowest BCUT2D eigenvalue weighted by molar-refractivity contribution is 0.0598. The van der Waals surface area contributed by atoms with E-state index in [4.69, 9.17) is 25.8 Å². The van der Waals surface area contributed by atoms with Crippen molar-refractivity contribution in [1.29, 1.82) is 0 Å². The number of aromatic nitrogens is 1. The highest BCUT2D eigenvalue weighted by atomic mass is 35.5. The maximum Gasteiger partial charge on any atom is 0.343 e. The quantitative estimate of drug-likeness (QED) is 0.496. The van der Waals surface area contributed by atoms with E-state index in [0.717, 1.165) is 30.5 Å². The molecule has 1 aromatic carbocycles. The van der Waals surface area contributed by atoms with Crippen LogP contribution in [-0.4, -0.2) is 44.6 Å². The summed E-state index contributed by atoms with van der Waals surface area (Å²) in [5.74, 6) is -0.0138. The summed E-state index contributed by atoms with van der Waals surface area (Å²) >= 11 is 6.57. The van der Waals surface area contributed by atoms with Crippen molar-refractivity contribution in [3.8, 4) is 17.0 Å². The van der Waals surface area contributed by atoms with E-state index in [2.05, 4.69) is 18.9 Å². The van der Waals surface area contributed by atoms with Crippen LogP contribution in [-0.2, 0) is 9.47 Å². The van der Waals surface area contributed by atoms with E-state index >= 15 is 0 Å². The molecule has 1 atom stereocenters. The Morgan fingerprint density at radius 3 is 2.71 bits per heavy atom. The summed E-state index contributed by atoms with van der Waals surface area (Å²) < 4.78 is 17.7. The minimum atomic E-state index is -0.640. The van der Waals surface area contributed by atoms with Gasteiger partial charge in [0.25, 0.3) is 0 Å². The predicted molar refractivity (Wildman–Crippen MR) is 119 cm³/mol. The molecule has 7 nitrogen and oxygen atoms in total. The van der Waals surface area contributed by atoms with Crippen LogP contribution >= 0.6 is 11.6 Å². The van der Waals surface area contributed by atoms with Crippen LogP contribution in [0.25, 0.3) is 11.3 Å². The highest BCUT2D eigenvalue weighted by Gasteiger charge is 2.46. The van der Waals surface area contributed by atoms with Crippen LogP contribution in [0.5, 0.6) is 5.75 Å². The van der Waals surface area contributed by atoms with Crippen molar-refractivity contribution in [2.45, 2.75) is 32.7 Å². The van der Waals surface area contributed by atoms with Gasteiger partial charge in [-0.1, -0.05) is 25.4 Å². The molecule has 0 N–H and O–H groups in total. The average molecular weight is 447 g/mol. The molecule has 4 rings (SSSR count). The van der Waals surface area contributed by atoms with E-state index in [1.807, 2.05) is 16.8 Å². The fourth-order valence-corrected chi connectivity index (χ4v) is 4.82. The number of fused-ring (bicyclic) bond motifs is 6. The number of methoxy groups -OCH3 is 2. The van der Waals surface area contributed by atoms with Gasteiger partial charge in [0.2, 0.25) is 0 Å². The fourth-order valence-electron chi connectivity index (χ4n) is 4.60. The zero-order valence-electron chi connectivity index (χ0n) is 18.2. The average Bonchev–Trinajstić information content (AvgIpc) is 3.06. The van der Waals surface area contributed by atoms with Crippen LogP contribution < -0.4 is 15.2 Å². The maximum atomic E-state index is 12.7. The van der Waals surface area contributed by atoms with Crippen molar-refractivity contribution in [3.63, 3.8) is 0 Å². The Hall–Kier alpha value is -2.51. The van der Waals surface area contributed by atoms with Crippen LogP contribution in [0.1, 0.15) is 48.7 Å². The minimum absolute atomic E-state index is 0.0161. The number of carbonyl (C=O) groups is 1. The SMILES string of the molecule is COCCCOc1cc2c(cc1Cl)-c1cc(=O)c(C(=O)OC)cn1N1CCC(C)(C)C21. The number of esters is 1. The first kappa shape index (κ1) is 21.7. The van der Waals surface area contributed by atoms with E-state index in [1.165, 1.54) is 13.2 Å². The van der Waals surface area contributed by atoms with E-state index < -0.39 is 5.97 Å². The Bertz CT molecular complexity index is 1080. The van der Waals surface area contributed by atoms with Crippen molar-refractivity contribution in [3.05, 3.63) is 50.8 Å². The van der Waals surface area contributed by atoms with Gasteiger partial charge in [-0.15, -0.1) is 0 Å². The Morgan fingerprint density at radius 2 is 2.00 bits per heavy atom. The van der Waals surface area contributed by atoms with Gasteiger partial charge in [-0.05, 0) is 29.5 Å². The molecule has 2 aliphatic heterocycles. The maximum absolute atomic E-state index is 12.7. The molecular weight excluding hydrogens is 420 g/mol. The first-order valence-electron chi connectivity index (χ1n) is 10.4. The lowest BCUT2D eigenvalue weighted by Crippen LogP contribution is -2.42. The highest BCUT2D eigenvalue weighted by Crippen LogP contribution is 2.52. The second-order valence-electron chi connectivity index (χ2n) is 8.64. The standard InChI is InChI=1S/C23H27ClN2O5/c1-23(2)6-7-25-21(23)15-11-20(31-9-5-8-29-3)17(24)10-14(15)18-12-19(27)16(13-26(18)25)22(28)30-4/h10-13,21H,5-9H2,1-4H3. The molecule has 0 aliphatic carbocycles. The zero-order valence-corrected chi connectivity index (χ0v) is 19.0. The molecule has 1 saturated heterocycles. The summed E-state index contributed by atoms with van der Waals surface area (Å²) in [6.45, 7) is 6.36. The monoisotopic (exact) mass is 446 g/mol. The molecule has 0 spiro atoms. The van der Waals surface area contributed by atoms with Crippen molar-refractivity contribution in [1.82, 2.24) is 4.68 Å². The zero-order chi connectivity index (χ0) is 22.3. The van der Waals surface area contributed by atoms with Crippen LogP contribution in [0, 0.1) is 5.41 Å². The van der Waals surface area contributed by atoms with Gasteiger partial charge in [0.15, 0.2) is 5.43 Å². The number of halogens is 1. The lowest BCUT2D eigenvalue weighted by atomic mass is 9.78. The number of pyridine rings is 1. The molecule has 1 fully saturated rings. The molecule has 3 heterocycles. The summed E-state index contributed by atoms with van der Waals surface area (Å²) in [7, 11) is 2.94. The Labute approximate surface area is 186 Å². The number of carbonyl (C=O) groups excluding carboxylic acids is 1. The van der Waals surface area contributed by atoms with E-state index in [-0.39, 0.29) is 22.4 Å². The van der Waals surface area contributed by atoms with E-state index in [1.54, 1.807) is 13.3 Å². The fraction of sp³-hybridized carbons (Fsp3) is 0.478. The molecule has 8 heteroatoms. The van der Waals surface area contributed by atoms with Gasteiger partial charge < -0.3 is 19.2 Å². The van der Waals surface area contributed by atoms with E-state index in [9.17, 15) is 9.59 Å². The van der Waals surface area contributed by atoms with Crippen molar-refractivity contribution >= 4 is 17.6 Å². The lowest BCUT2D eigenvalue weighted by Gasteiger charge is -2.42. The molecule has 0 amide bonds. The topological polar surface area (TPSA) is 70.0 Å². The molecule has 2 aromatic rings. The highest BCUT2D eigenvalue weighted by molar-refractivity contribution is 6.32. The number of ether oxygens (including phenoxy) is 3. The number of rotatable bonds is 6. The first-order valence-corrected chi connectivity index (χ1v) is 10.7. The molecule has 0 bridgehead atoms. The summed E-state index contributed by atoms with van der Waals surface area (Å²) in [4.78, 5) is 24.8. The van der Waals surface area contributed by atoms with Crippen LogP contribution in [0.3, 0.4) is 0 Å². The van der Waals surface area contributed by atoms with Gasteiger partial charge in [-0.3, -0.25) is 9.47 Å². The second-order valence-corrected chi connectivity index (χ2v) is 9.05. The molecule has 1 aromatic heterocycles. The van der Waals surface area contributed by atoms with Gasteiger partial charge in [-0.2, -0.15) is 0 Å². The van der Waals surface area contributed by atoms with E-state index in [0.29, 0.717) is 29.7 Å². The third kappa shape index (κ3) is 3.70. The first-order chi connectivity index (χ1) is 14.8. The van der Waals surface area contributed by atoms with Crippen molar-refractivity contribution < 1.29 is 19.0 Å². The summed E-state index contributed by atoms with van der Waals surface area (Å²) in [5.41, 5.74) is 2.26. The number of nitrogens with zero attached hydrogens (tertiary/aromatic N) is 2. The summed E-state index contributed by atoms with van der Waals surface area (Å²) in [5, 5.41) is 2.68. The molecule has 0 radical (unpaired) electrons. The summed E-state index contributed by atoms with van der Waals surface area (Å²) in [6, 6.07) is 5.39. The minimum Gasteiger partial charge on any atom is -0.492 e. The van der Waals surface area contributed by atoms with Crippen molar-refractivity contribution in [2.75, 3.05) is 39.0 Å². The Morgan fingerprint density at radius 1 is 1.23 bits per heavy atom.